The molecule has 0 radical (unpaired) electrons. The maximum absolute atomic E-state index is 12.2. The number of anilines is 1. The summed E-state index contributed by atoms with van der Waals surface area (Å²) >= 11 is 0. The van der Waals surface area contributed by atoms with Crippen LogP contribution in [0.3, 0.4) is 0 Å². The predicted octanol–water partition coefficient (Wildman–Crippen LogP) is 6.79. The molecular formula is C25H42N2O2. The van der Waals surface area contributed by atoms with Crippen molar-refractivity contribution in [3.63, 3.8) is 0 Å². The van der Waals surface area contributed by atoms with Crippen LogP contribution >= 0.6 is 0 Å². The van der Waals surface area contributed by atoms with Crippen molar-refractivity contribution in [1.29, 1.82) is 0 Å². The van der Waals surface area contributed by atoms with E-state index < -0.39 is 0 Å². The Morgan fingerprint density at radius 3 is 2.45 bits per heavy atom. The number of amides is 1. The van der Waals surface area contributed by atoms with E-state index in [0.29, 0.717) is 0 Å². The van der Waals surface area contributed by atoms with Crippen LogP contribution < -0.4 is 5.32 Å². The SMILES string of the molecule is CCCCCCCCCCc1cccc(NC(=O)O[C@H](C)CN2CCCCC2)c1. The van der Waals surface area contributed by atoms with Gasteiger partial charge in [-0.15, -0.1) is 0 Å². The van der Waals surface area contributed by atoms with Crippen molar-refractivity contribution in [1.82, 2.24) is 4.90 Å². The second-order valence-electron chi connectivity index (χ2n) is 8.63. The van der Waals surface area contributed by atoms with Gasteiger partial charge in [-0.2, -0.15) is 0 Å². The number of nitrogens with one attached hydrogen (secondary N) is 1. The first-order valence-electron chi connectivity index (χ1n) is 12.0. The Labute approximate surface area is 178 Å². The van der Waals surface area contributed by atoms with Crippen LogP contribution in [0.25, 0.3) is 0 Å². The summed E-state index contributed by atoms with van der Waals surface area (Å²) in [5, 5.41) is 2.90. The number of unbranched alkanes of at least 4 members (excludes halogenated alkanes) is 7. The maximum atomic E-state index is 12.2. The molecule has 0 aromatic heterocycles. The zero-order valence-electron chi connectivity index (χ0n) is 18.8. The van der Waals surface area contributed by atoms with E-state index >= 15 is 0 Å². The Morgan fingerprint density at radius 1 is 1.03 bits per heavy atom. The summed E-state index contributed by atoms with van der Waals surface area (Å²) in [5.41, 5.74) is 2.12. The third-order valence-corrected chi connectivity index (χ3v) is 5.76. The lowest BCUT2D eigenvalue weighted by Crippen LogP contribution is -2.37. The molecule has 1 amide bonds. The second-order valence-corrected chi connectivity index (χ2v) is 8.63. The van der Waals surface area contributed by atoms with Crippen LogP contribution in [0, 0.1) is 0 Å². The molecule has 164 valence electrons. The number of aryl methyl sites for hydroxylation is 1. The third-order valence-electron chi connectivity index (χ3n) is 5.76. The summed E-state index contributed by atoms with van der Waals surface area (Å²) in [6, 6.07) is 8.19. The van der Waals surface area contributed by atoms with Crippen molar-refractivity contribution in [3.05, 3.63) is 29.8 Å². The number of likely N-dealkylation sites (tertiary alicyclic amines) is 1. The van der Waals surface area contributed by atoms with Crippen LogP contribution in [0.4, 0.5) is 10.5 Å². The van der Waals surface area contributed by atoms with Crippen molar-refractivity contribution in [2.45, 2.75) is 97.0 Å². The first-order valence-corrected chi connectivity index (χ1v) is 12.0. The van der Waals surface area contributed by atoms with Crippen LogP contribution in [0.5, 0.6) is 0 Å². The van der Waals surface area contributed by atoms with Gasteiger partial charge in [0, 0.05) is 12.2 Å². The van der Waals surface area contributed by atoms with Gasteiger partial charge < -0.3 is 4.74 Å². The lowest BCUT2D eigenvalue weighted by atomic mass is 10.0. The average Bonchev–Trinajstić information content (AvgIpc) is 2.71. The van der Waals surface area contributed by atoms with Gasteiger partial charge in [0.05, 0.1) is 0 Å². The fraction of sp³-hybridized carbons (Fsp3) is 0.720. The number of hydrogen-bond acceptors (Lipinski definition) is 3. The van der Waals surface area contributed by atoms with E-state index in [1.807, 2.05) is 19.1 Å². The molecule has 1 aromatic rings. The molecule has 4 heteroatoms. The molecule has 0 unspecified atom stereocenters. The van der Waals surface area contributed by atoms with Crippen LogP contribution in [0.1, 0.15) is 90.0 Å². The Bertz CT molecular complexity index is 570. The molecule has 1 fully saturated rings. The summed E-state index contributed by atoms with van der Waals surface area (Å²) in [5.74, 6) is 0. The quantitative estimate of drug-likeness (QED) is 0.369. The Balaban J connectivity index is 1.63. The summed E-state index contributed by atoms with van der Waals surface area (Å²) in [4.78, 5) is 14.6. The van der Waals surface area contributed by atoms with E-state index in [0.717, 1.165) is 31.7 Å². The monoisotopic (exact) mass is 402 g/mol. The number of piperidine rings is 1. The van der Waals surface area contributed by atoms with Crippen molar-refractivity contribution in [2.24, 2.45) is 0 Å². The number of ether oxygens (including phenoxy) is 1. The number of benzene rings is 1. The molecular weight excluding hydrogens is 360 g/mol. The molecule has 1 heterocycles. The van der Waals surface area contributed by atoms with Gasteiger partial charge in [0.25, 0.3) is 0 Å². The van der Waals surface area contributed by atoms with E-state index in [1.54, 1.807) is 0 Å². The van der Waals surface area contributed by atoms with Gasteiger partial charge in [0.15, 0.2) is 0 Å². The molecule has 1 atom stereocenters. The summed E-state index contributed by atoms with van der Waals surface area (Å²) in [6.45, 7) is 7.31. The zero-order chi connectivity index (χ0) is 20.7. The van der Waals surface area contributed by atoms with Crippen molar-refractivity contribution in [2.75, 3.05) is 25.0 Å². The van der Waals surface area contributed by atoms with Crippen LogP contribution in [0.15, 0.2) is 24.3 Å². The fourth-order valence-corrected chi connectivity index (χ4v) is 4.14. The molecule has 1 aliphatic heterocycles. The number of carbonyl (C=O) groups excluding carboxylic acids is 1. The molecule has 0 spiro atoms. The normalized spacial score (nSPS) is 15.8. The fourth-order valence-electron chi connectivity index (χ4n) is 4.14. The van der Waals surface area contributed by atoms with Crippen molar-refractivity contribution in [3.8, 4) is 0 Å². The van der Waals surface area contributed by atoms with E-state index in [9.17, 15) is 4.79 Å². The largest absolute Gasteiger partial charge is 0.445 e. The Kier molecular flexibility index (Phi) is 11.8. The van der Waals surface area contributed by atoms with Gasteiger partial charge >= 0.3 is 6.09 Å². The maximum Gasteiger partial charge on any atom is 0.411 e. The zero-order valence-corrected chi connectivity index (χ0v) is 18.8. The lowest BCUT2D eigenvalue weighted by molar-refractivity contribution is 0.0833. The van der Waals surface area contributed by atoms with Gasteiger partial charge in [-0.3, -0.25) is 10.2 Å². The van der Waals surface area contributed by atoms with Crippen molar-refractivity contribution < 1.29 is 9.53 Å². The van der Waals surface area contributed by atoms with Gasteiger partial charge in [0.2, 0.25) is 0 Å². The van der Waals surface area contributed by atoms with E-state index in [-0.39, 0.29) is 12.2 Å². The van der Waals surface area contributed by atoms with E-state index in [4.69, 9.17) is 4.74 Å². The summed E-state index contributed by atoms with van der Waals surface area (Å²) < 4.78 is 5.56. The molecule has 0 saturated carbocycles. The van der Waals surface area contributed by atoms with Crippen LogP contribution in [-0.4, -0.2) is 36.7 Å². The smallest absolute Gasteiger partial charge is 0.411 e. The molecule has 1 aromatic carbocycles. The van der Waals surface area contributed by atoms with Crippen LogP contribution in [-0.2, 0) is 11.2 Å². The number of rotatable bonds is 13. The lowest BCUT2D eigenvalue weighted by Gasteiger charge is -2.28. The summed E-state index contributed by atoms with van der Waals surface area (Å²) in [7, 11) is 0. The van der Waals surface area contributed by atoms with Gasteiger partial charge in [-0.25, -0.2) is 4.79 Å². The topological polar surface area (TPSA) is 41.6 Å². The molecule has 29 heavy (non-hydrogen) atoms. The molecule has 2 rings (SSSR count). The molecule has 0 aliphatic carbocycles. The molecule has 0 bridgehead atoms. The highest BCUT2D eigenvalue weighted by molar-refractivity contribution is 5.84. The minimum atomic E-state index is -0.348. The van der Waals surface area contributed by atoms with Crippen LogP contribution in [0.2, 0.25) is 0 Å². The first kappa shape index (κ1) is 23.7. The minimum absolute atomic E-state index is 0.0893. The predicted molar refractivity (Wildman–Crippen MR) is 123 cm³/mol. The van der Waals surface area contributed by atoms with Gasteiger partial charge in [-0.05, 0) is 63.4 Å². The highest BCUT2D eigenvalue weighted by atomic mass is 16.6. The highest BCUT2D eigenvalue weighted by Gasteiger charge is 2.16. The van der Waals surface area contributed by atoms with E-state index in [1.165, 1.54) is 76.2 Å². The number of carbonyl (C=O) groups is 1. The minimum Gasteiger partial charge on any atom is -0.445 e. The molecule has 1 saturated heterocycles. The summed E-state index contributed by atoms with van der Waals surface area (Å²) in [6.07, 6.45) is 15.1. The first-order chi connectivity index (χ1) is 14.2. The van der Waals surface area contributed by atoms with Crippen molar-refractivity contribution >= 4 is 11.8 Å². The number of nitrogens with zero attached hydrogens (tertiary/aromatic N) is 1. The Morgan fingerprint density at radius 2 is 1.72 bits per heavy atom. The molecule has 1 N–H and O–H groups in total. The van der Waals surface area contributed by atoms with E-state index in [2.05, 4.69) is 29.3 Å². The standard InChI is InChI=1S/C25H42N2O2/c1-3-4-5-6-7-8-9-11-15-23-16-14-17-24(20-23)26-25(28)29-22(2)21-27-18-12-10-13-19-27/h14,16-17,20,22H,3-13,15,18-19,21H2,1-2H3,(H,26,28)/t22-/m1/s1. The third kappa shape index (κ3) is 10.7. The van der Waals surface area contributed by atoms with Gasteiger partial charge in [0.1, 0.15) is 6.10 Å². The second kappa shape index (κ2) is 14.4. The molecule has 4 nitrogen and oxygen atoms in total. The highest BCUT2D eigenvalue weighted by Crippen LogP contribution is 2.16. The Hall–Kier alpha value is -1.55. The number of hydrogen-bond donors (Lipinski definition) is 1. The van der Waals surface area contributed by atoms with Gasteiger partial charge in [-0.1, -0.05) is 70.4 Å². The average molecular weight is 403 g/mol. The molecule has 1 aliphatic rings.